The van der Waals surface area contributed by atoms with Crippen LogP contribution in [0.2, 0.25) is 0 Å². The minimum Gasteiger partial charge on any atom is -0.399 e. The number of hydrogen-bond acceptors (Lipinski definition) is 1. The maximum atomic E-state index is 5.83. The van der Waals surface area contributed by atoms with E-state index in [0.29, 0.717) is 0 Å². The lowest BCUT2D eigenvalue weighted by atomic mass is 10.2. The van der Waals surface area contributed by atoms with Crippen molar-refractivity contribution in [2.75, 3.05) is 5.73 Å². The fourth-order valence-corrected chi connectivity index (χ4v) is 2.12. The topological polar surface area (TPSA) is 30.9 Å². The van der Waals surface area contributed by atoms with Gasteiger partial charge in [0.25, 0.3) is 0 Å². The fourth-order valence-electron chi connectivity index (χ4n) is 2.12. The summed E-state index contributed by atoms with van der Waals surface area (Å²) in [7, 11) is 0. The number of benzene rings is 2. The third kappa shape index (κ3) is 2.34. The smallest absolute Gasteiger partial charge is 0.0504 e. The fraction of sp³-hybridized carbons (Fsp3) is 0.0667. The normalized spacial score (nSPS) is 10.2. The first kappa shape index (κ1) is 12.5. The number of nitrogens with two attached hydrogens (primary N) is 1. The number of fused-ring (bicyclic) bond motifs is 1. The van der Waals surface area contributed by atoms with Crippen molar-refractivity contribution in [1.29, 1.82) is 0 Å². The van der Waals surface area contributed by atoms with Gasteiger partial charge in [-0.25, -0.2) is 0 Å². The molecule has 0 fully saturated rings. The minimum atomic E-state index is 0. The number of nitrogens with zero attached hydrogens (tertiary/aromatic N) is 1. The molecule has 18 heavy (non-hydrogen) atoms. The Hall–Kier alpha value is -1.93. The van der Waals surface area contributed by atoms with E-state index in [-0.39, 0.29) is 12.4 Å². The zero-order chi connectivity index (χ0) is 11.7. The van der Waals surface area contributed by atoms with Crippen LogP contribution < -0.4 is 5.73 Å². The monoisotopic (exact) mass is 258 g/mol. The lowest BCUT2D eigenvalue weighted by Gasteiger charge is -2.06. The highest BCUT2D eigenvalue weighted by atomic mass is 35.5. The van der Waals surface area contributed by atoms with Crippen molar-refractivity contribution >= 4 is 29.0 Å². The molecular formula is C15H15ClN2. The molecule has 2 aromatic carbocycles. The van der Waals surface area contributed by atoms with E-state index in [1.807, 2.05) is 18.2 Å². The molecule has 0 aliphatic carbocycles. The van der Waals surface area contributed by atoms with E-state index in [0.717, 1.165) is 12.2 Å². The number of rotatable bonds is 2. The first-order valence-electron chi connectivity index (χ1n) is 5.71. The number of nitrogen functional groups attached to an aromatic ring is 1. The van der Waals surface area contributed by atoms with E-state index in [2.05, 4.69) is 47.2 Å². The van der Waals surface area contributed by atoms with Crippen molar-refractivity contribution in [1.82, 2.24) is 4.57 Å². The first-order valence-corrected chi connectivity index (χ1v) is 5.71. The number of anilines is 1. The molecule has 3 heteroatoms. The van der Waals surface area contributed by atoms with E-state index < -0.39 is 0 Å². The van der Waals surface area contributed by atoms with Crippen LogP contribution in [0, 0.1) is 0 Å². The summed E-state index contributed by atoms with van der Waals surface area (Å²) in [4.78, 5) is 0. The first-order chi connectivity index (χ1) is 8.33. The molecule has 0 atom stereocenters. The molecule has 0 saturated carbocycles. The quantitative estimate of drug-likeness (QED) is 0.699. The van der Waals surface area contributed by atoms with Crippen molar-refractivity contribution in [2.45, 2.75) is 6.54 Å². The lowest BCUT2D eigenvalue weighted by molar-refractivity contribution is 0.837. The molecule has 0 saturated heterocycles. The standard InChI is InChI=1S/C15H14N2.ClH/c16-14-7-6-13-8-9-17(15(13)10-14)11-12-4-2-1-3-5-12;/h1-10H,11,16H2;1H. The molecule has 0 aliphatic heterocycles. The molecule has 0 unspecified atom stereocenters. The highest BCUT2D eigenvalue weighted by molar-refractivity contribution is 5.85. The molecule has 3 rings (SSSR count). The van der Waals surface area contributed by atoms with Crippen LogP contribution in [-0.2, 0) is 6.54 Å². The maximum absolute atomic E-state index is 5.83. The third-order valence-corrected chi connectivity index (χ3v) is 2.99. The van der Waals surface area contributed by atoms with Crippen molar-refractivity contribution < 1.29 is 0 Å². The van der Waals surface area contributed by atoms with Crippen LogP contribution in [0.3, 0.4) is 0 Å². The molecular weight excluding hydrogens is 244 g/mol. The van der Waals surface area contributed by atoms with Crippen LogP contribution in [0.25, 0.3) is 10.9 Å². The number of halogens is 1. The summed E-state index contributed by atoms with van der Waals surface area (Å²) in [6, 6.07) is 18.6. The molecule has 1 heterocycles. The molecule has 0 aliphatic rings. The second-order valence-corrected chi connectivity index (χ2v) is 4.25. The van der Waals surface area contributed by atoms with Crippen molar-refractivity contribution in [2.24, 2.45) is 0 Å². The van der Waals surface area contributed by atoms with Gasteiger partial charge in [-0.15, -0.1) is 12.4 Å². The van der Waals surface area contributed by atoms with E-state index in [1.165, 1.54) is 16.5 Å². The predicted octanol–water partition coefficient (Wildman–Crippen LogP) is 3.69. The van der Waals surface area contributed by atoms with Gasteiger partial charge in [0.05, 0.1) is 5.52 Å². The van der Waals surface area contributed by atoms with Gasteiger partial charge < -0.3 is 10.3 Å². The average molecular weight is 259 g/mol. The highest BCUT2D eigenvalue weighted by Gasteiger charge is 2.01. The lowest BCUT2D eigenvalue weighted by Crippen LogP contribution is -1.97. The second-order valence-electron chi connectivity index (χ2n) is 4.25. The van der Waals surface area contributed by atoms with Crippen LogP contribution in [0.15, 0.2) is 60.8 Å². The summed E-state index contributed by atoms with van der Waals surface area (Å²) in [5, 5.41) is 1.23. The molecule has 0 spiro atoms. The molecule has 0 amide bonds. The summed E-state index contributed by atoms with van der Waals surface area (Å²) in [6.07, 6.45) is 2.11. The summed E-state index contributed by atoms with van der Waals surface area (Å²) >= 11 is 0. The third-order valence-electron chi connectivity index (χ3n) is 2.99. The Morgan fingerprint density at radius 1 is 0.944 bits per heavy atom. The van der Waals surface area contributed by atoms with Gasteiger partial charge in [0.15, 0.2) is 0 Å². The molecule has 92 valence electrons. The van der Waals surface area contributed by atoms with E-state index in [1.54, 1.807) is 0 Å². The van der Waals surface area contributed by atoms with Gasteiger partial charge in [0.2, 0.25) is 0 Å². The Labute approximate surface area is 112 Å². The zero-order valence-electron chi connectivity index (χ0n) is 9.91. The minimum absolute atomic E-state index is 0. The Morgan fingerprint density at radius 3 is 2.50 bits per heavy atom. The van der Waals surface area contributed by atoms with Crippen LogP contribution in [0.4, 0.5) is 5.69 Å². The van der Waals surface area contributed by atoms with Gasteiger partial charge in [0.1, 0.15) is 0 Å². The van der Waals surface area contributed by atoms with Gasteiger partial charge in [0, 0.05) is 18.4 Å². The highest BCUT2D eigenvalue weighted by Crippen LogP contribution is 2.19. The van der Waals surface area contributed by atoms with Crippen molar-refractivity contribution in [3.63, 3.8) is 0 Å². The second kappa shape index (κ2) is 5.15. The Balaban J connectivity index is 0.00000120. The molecule has 0 bridgehead atoms. The van der Waals surface area contributed by atoms with Gasteiger partial charge in [-0.05, 0) is 29.1 Å². The summed E-state index contributed by atoms with van der Waals surface area (Å²) in [5.41, 5.74) is 9.13. The molecule has 2 N–H and O–H groups in total. The van der Waals surface area contributed by atoms with Crippen LogP contribution >= 0.6 is 12.4 Å². The van der Waals surface area contributed by atoms with E-state index >= 15 is 0 Å². The van der Waals surface area contributed by atoms with Crippen molar-refractivity contribution in [3.05, 3.63) is 66.4 Å². The van der Waals surface area contributed by atoms with E-state index in [9.17, 15) is 0 Å². The number of hydrogen-bond donors (Lipinski definition) is 1. The Kier molecular flexibility index (Phi) is 3.58. The van der Waals surface area contributed by atoms with Gasteiger partial charge in [-0.1, -0.05) is 36.4 Å². The Morgan fingerprint density at radius 2 is 1.72 bits per heavy atom. The predicted molar refractivity (Wildman–Crippen MR) is 79.1 cm³/mol. The van der Waals surface area contributed by atoms with Gasteiger partial charge in [-0.2, -0.15) is 0 Å². The molecule has 3 aromatic rings. The summed E-state index contributed by atoms with van der Waals surface area (Å²) < 4.78 is 2.22. The molecule has 2 nitrogen and oxygen atoms in total. The summed E-state index contributed by atoms with van der Waals surface area (Å²) in [6.45, 7) is 0.883. The average Bonchev–Trinajstić information content (AvgIpc) is 2.73. The van der Waals surface area contributed by atoms with Crippen molar-refractivity contribution in [3.8, 4) is 0 Å². The molecule has 1 aromatic heterocycles. The van der Waals surface area contributed by atoms with Gasteiger partial charge in [-0.3, -0.25) is 0 Å². The maximum Gasteiger partial charge on any atom is 0.0504 e. The SMILES string of the molecule is Cl.Nc1ccc2ccn(Cc3ccccc3)c2c1. The Bertz CT molecular complexity index is 644. The van der Waals surface area contributed by atoms with Crippen LogP contribution in [0.5, 0.6) is 0 Å². The van der Waals surface area contributed by atoms with Gasteiger partial charge >= 0.3 is 0 Å². The molecule has 0 radical (unpaired) electrons. The summed E-state index contributed by atoms with van der Waals surface area (Å²) in [5.74, 6) is 0. The largest absolute Gasteiger partial charge is 0.399 e. The van der Waals surface area contributed by atoms with Crippen LogP contribution in [-0.4, -0.2) is 4.57 Å². The van der Waals surface area contributed by atoms with Crippen LogP contribution in [0.1, 0.15) is 5.56 Å². The van der Waals surface area contributed by atoms with E-state index in [4.69, 9.17) is 5.73 Å². The number of aromatic nitrogens is 1. The zero-order valence-corrected chi connectivity index (χ0v) is 10.7.